The van der Waals surface area contributed by atoms with Gasteiger partial charge in [0.1, 0.15) is 11.8 Å². The van der Waals surface area contributed by atoms with Crippen LogP contribution in [0, 0.1) is 5.92 Å². The van der Waals surface area contributed by atoms with Crippen LogP contribution in [0.25, 0.3) is 0 Å². The molecule has 1 aliphatic heterocycles. The number of anilines is 1. The van der Waals surface area contributed by atoms with Crippen molar-refractivity contribution in [2.45, 2.75) is 19.4 Å². The Kier molecular flexibility index (Phi) is 4.97. The molecule has 2 unspecified atom stereocenters. The molecule has 2 atom stereocenters. The van der Waals surface area contributed by atoms with Crippen molar-refractivity contribution in [3.63, 3.8) is 0 Å². The van der Waals surface area contributed by atoms with E-state index >= 15 is 0 Å². The fourth-order valence-electron chi connectivity index (χ4n) is 2.95. The van der Waals surface area contributed by atoms with Crippen molar-refractivity contribution in [1.29, 1.82) is 0 Å². The van der Waals surface area contributed by atoms with E-state index < -0.39 is 29.8 Å². The first kappa shape index (κ1) is 17.6. The maximum absolute atomic E-state index is 12.8. The minimum absolute atomic E-state index is 0.282. The summed E-state index contributed by atoms with van der Waals surface area (Å²) in [5, 5.41) is 2.73. The molecule has 7 heteroatoms. The molecule has 0 spiro atoms. The lowest BCUT2D eigenvalue weighted by Gasteiger charge is -2.33. The normalized spacial score (nSPS) is 19.7. The number of urea groups is 1. The molecule has 1 aliphatic carbocycles. The SMILES string of the molecule is CCC(C(=O)Nc1cccc(OC)c1)N1C(=O)N=C2C=CC=CC2C1=O. The first-order valence-corrected chi connectivity index (χ1v) is 8.30. The Labute approximate surface area is 151 Å². The molecule has 1 heterocycles. The van der Waals surface area contributed by atoms with Crippen molar-refractivity contribution in [3.05, 3.63) is 48.6 Å². The zero-order valence-corrected chi connectivity index (χ0v) is 14.5. The Bertz CT molecular complexity index is 841. The van der Waals surface area contributed by atoms with E-state index in [4.69, 9.17) is 4.74 Å². The summed E-state index contributed by atoms with van der Waals surface area (Å²) in [6.07, 6.45) is 7.04. The van der Waals surface area contributed by atoms with Gasteiger partial charge in [-0.1, -0.05) is 31.2 Å². The van der Waals surface area contributed by atoms with Gasteiger partial charge >= 0.3 is 6.03 Å². The van der Waals surface area contributed by atoms with E-state index in [1.165, 1.54) is 7.11 Å². The molecule has 0 saturated heterocycles. The summed E-state index contributed by atoms with van der Waals surface area (Å²) >= 11 is 0. The van der Waals surface area contributed by atoms with Crippen molar-refractivity contribution in [3.8, 4) is 5.75 Å². The van der Waals surface area contributed by atoms with Gasteiger partial charge in [-0.3, -0.25) is 9.59 Å². The summed E-state index contributed by atoms with van der Waals surface area (Å²) in [6, 6.07) is 5.21. The van der Waals surface area contributed by atoms with Crippen LogP contribution in [-0.4, -0.2) is 41.6 Å². The van der Waals surface area contributed by atoms with Crippen LogP contribution >= 0.6 is 0 Å². The molecule has 26 heavy (non-hydrogen) atoms. The molecule has 2 aliphatic rings. The molecule has 3 rings (SSSR count). The van der Waals surface area contributed by atoms with Gasteiger partial charge in [-0.2, -0.15) is 4.99 Å². The van der Waals surface area contributed by atoms with Crippen molar-refractivity contribution < 1.29 is 19.1 Å². The summed E-state index contributed by atoms with van der Waals surface area (Å²) in [6.45, 7) is 1.74. The number of methoxy groups -OCH3 is 1. The molecule has 134 valence electrons. The molecule has 0 radical (unpaired) electrons. The Balaban J connectivity index is 1.83. The van der Waals surface area contributed by atoms with Crippen LogP contribution in [0.4, 0.5) is 10.5 Å². The van der Waals surface area contributed by atoms with E-state index in [9.17, 15) is 14.4 Å². The van der Waals surface area contributed by atoms with Crippen LogP contribution in [0.5, 0.6) is 5.75 Å². The third-order valence-corrected chi connectivity index (χ3v) is 4.27. The largest absolute Gasteiger partial charge is 0.497 e. The molecule has 0 bridgehead atoms. The van der Waals surface area contributed by atoms with Crippen LogP contribution in [0.15, 0.2) is 53.6 Å². The van der Waals surface area contributed by atoms with Gasteiger partial charge in [-0.25, -0.2) is 9.69 Å². The van der Waals surface area contributed by atoms with Gasteiger partial charge in [0.25, 0.3) is 0 Å². The fourth-order valence-corrected chi connectivity index (χ4v) is 2.95. The fraction of sp³-hybridized carbons (Fsp3) is 0.263. The predicted molar refractivity (Wildman–Crippen MR) is 97.1 cm³/mol. The summed E-state index contributed by atoms with van der Waals surface area (Å²) in [5.74, 6) is -0.921. The van der Waals surface area contributed by atoms with Crippen LogP contribution in [0.3, 0.4) is 0 Å². The first-order chi connectivity index (χ1) is 12.5. The Hall–Kier alpha value is -3.22. The van der Waals surface area contributed by atoms with Crippen LogP contribution in [0.2, 0.25) is 0 Å². The monoisotopic (exact) mass is 353 g/mol. The van der Waals surface area contributed by atoms with Gasteiger partial charge in [-0.15, -0.1) is 0 Å². The number of ether oxygens (including phenoxy) is 1. The number of benzene rings is 1. The Morgan fingerprint density at radius 3 is 2.88 bits per heavy atom. The molecule has 0 saturated carbocycles. The van der Waals surface area contributed by atoms with Gasteiger partial charge < -0.3 is 10.1 Å². The van der Waals surface area contributed by atoms with E-state index in [2.05, 4.69) is 10.3 Å². The van der Waals surface area contributed by atoms with Gasteiger partial charge in [0.15, 0.2) is 0 Å². The minimum atomic E-state index is -0.939. The molecular formula is C19H19N3O4. The number of allylic oxidation sites excluding steroid dienone is 3. The highest BCUT2D eigenvalue weighted by Crippen LogP contribution is 2.24. The van der Waals surface area contributed by atoms with E-state index in [0.717, 1.165) is 4.90 Å². The second kappa shape index (κ2) is 7.35. The van der Waals surface area contributed by atoms with E-state index in [1.807, 2.05) is 0 Å². The van der Waals surface area contributed by atoms with E-state index in [1.54, 1.807) is 55.5 Å². The van der Waals surface area contributed by atoms with Gasteiger partial charge in [0.05, 0.1) is 18.7 Å². The summed E-state index contributed by atoms with van der Waals surface area (Å²) < 4.78 is 5.13. The zero-order chi connectivity index (χ0) is 18.7. The summed E-state index contributed by atoms with van der Waals surface area (Å²) in [7, 11) is 1.53. The summed E-state index contributed by atoms with van der Waals surface area (Å²) in [5.41, 5.74) is 0.927. The molecule has 1 N–H and O–H groups in total. The van der Waals surface area contributed by atoms with E-state index in [0.29, 0.717) is 17.1 Å². The highest BCUT2D eigenvalue weighted by molar-refractivity contribution is 6.22. The Morgan fingerprint density at radius 2 is 2.15 bits per heavy atom. The lowest BCUT2D eigenvalue weighted by Crippen LogP contribution is -2.54. The topological polar surface area (TPSA) is 88.1 Å². The molecule has 0 fully saturated rings. The zero-order valence-electron chi connectivity index (χ0n) is 14.5. The lowest BCUT2D eigenvalue weighted by atomic mass is 9.94. The number of carbonyl (C=O) groups excluding carboxylic acids is 3. The number of aliphatic imine (C=N–C) groups is 1. The highest BCUT2D eigenvalue weighted by Gasteiger charge is 2.41. The van der Waals surface area contributed by atoms with Gasteiger partial charge in [-0.05, 0) is 24.6 Å². The number of nitrogens with one attached hydrogen (secondary N) is 1. The molecule has 1 aromatic carbocycles. The predicted octanol–water partition coefficient (Wildman–Crippen LogP) is 2.56. The number of imide groups is 1. The maximum Gasteiger partial charge on any atom is 0.351 e. The molecule has 1 aromatic rings. The van der Waals surface area contributed by atoms with Crippen LogP contribution < -0.4 is 10.1 Å². The number of rotatable bonds is 5. The molecule has 7 nitrogen and oxygen atoms in total. The molecular weight excluding hydrogens is 334 g/mol. The van der Waals surface area contributed by atoms with Gasteiger partial charge in [0.2, 0.25) is 11.8 Å². The maximum atomic E-state index is 12.8. The summed E-state index contributed by atoms with van der Waals surface area (Å²) in [4.78, 5) is 42.8. The number of carbonyl (C=O) groups is 3. The Morgan fingerprint density at radius 1 is 1.35 bits per heavy atom. The standard InChI is InChI=1S/C19H19N3O4/c1-3-16(17(23)20-12-7-6-8-13(11-12)26-2)22-18(24)14-9-4-5-10-15(14)21-19(22)25/h4-11,14,16H,3H2,1-2H3,(H,20,23). The number of hydrogen-bond acceptors (Lipinski definition) is 4. The lowest BCUT2D eigenvalue weighted by molar-refractivity contribution is -0.136. The van der Waals surface area contributed by atoms with Crippen LogP contribution in [-0.2, 0) is 9.59 Å². The third kappa shape index (κ3) is 3.28. The van der Waals surface area contributed by atoms with Crippen molar-refractivity contribution in [2.75, 3.05) is 12.4 Å². The second-order valence-corrected chi connectivity index (χ2v) is 5.89. The number of nitrogens with zero attached hydrogens (tertiary/aromatic N) is 2. The van der Waals surface area contributed by atoms with Crippen molar-refractivity contribution in [1.82, 2.24) is 4.90 Å². The molecule has 0 aromatic heterocycles. The van der Waals surface area contributed by atoms with E-state index in [-0.39, 0.29) is 6.42 Å². The van der Waals surface area contributed by atoms with Crippen molar-refractivity contribution in [2.24, 2.45) is 10.9 Å². The van der Waals surface area contributed by atoms with Crippen molar-refractivity contribution >= 4 is 29.2 Å². The number of amides is 4. The first-order valence-electron chi connectivity index (χ1n) is 8.30. The average molecular weight is 353 g/mol. The molecule has 4 amide bonds. The average Bonchev–Trinajstić information content (AvgIpc) is 2.65. The highest BCUT2D eigenvalue weighted by atomic mass is 16.5. The third-order valence-electron chi connectivity index (χ3n) is 4.27. The smallest absolute Gasteiger partial charge is 0.351 e. The second-order valence-electron chi connectivity index (χ2n) is 5.89. The quantitative estimate of drug-likeness (QED) is 0.881. The minimum Gasteiger partial charge on any atom is -0.497 e. The number of fused-ring (bicyclic) bond motifs is 1. The van der Waals surface area contributed by atoms with Crippen LogP contribution in [0.1, 0.15) is 13.3 Å². The van der Waals surface area contributed by atoms with Gasteiger partial charge in [0, 0.05) is 11.8 Å². The number of hydrogen-bond donors (Lipinski definition) is 1.